The van der Waals surface area contributed by atoms with E-state index < -0.39 is 22.0 Å². The Morgan fingerprint density at radius 3 is 2.48 bits per heavy atom. The highest BCUT2D eigenvalue weighted by atomic mass is 16.6. The fourth-order valence-corrected chi connectivity index (χ4v) is 2.92. The summed E-state index contributed by atoms with van der Waals surface area (Å²) in [5, 5.41) is 23.7. The lowest BCUT2D eigenvalue weighted by Crippen LogP contribution is -2.02. The predicted molar refractivity (Wildman–Crippen MR) is 108 cm³/mol. The normalized spacial score (nSPS) is 11.2. The average molecular weight is 385 g/mol. The molecule has 29 heavy (non-hydrogen) atoms. The van der Waals surface area contributed by atoms with Crippen LogP contribution in [0.5, 0.6) is 5.75 Å². The Morgan fingerprint density at radius 2 is 1.72 bits per heavy atom. The van der Waals surface area contributed by atoms with Crippen molar-refractivity contribution in [2.45, 2.75) is 0 Å². The molecule has 0 aliphatic carbocycles. The van der Waals surface area contributed by atoms with Crippen LogP contribution in [0.2, 0.25) is 0 Å². The number of rotatable bonds is 4. The average Bonchev–Trinajstić information content (AvgIpc) is 2.73. The van der Waals surface area contributed by atoms with Crippen molar-refractivity contribution in [2.24, 2.45) is 4.99 Å². The molecule has 1 heterocycles. The molecule has 0 aliphatic heterocycles. The van der Waals surface area contributed by atoms with Crippen molar-refractivity contribution in [3.63, 3.8) is 0 Å². The van der Waals surface area contributed by atoms with Gasteiger partial charge >= 0.3 is 5.63 Å². The molecule has 7 nitrogen and oxygen atoms in total. The van der Waals surface area contributed by atoms with Gasteiger partial charge in [-0.3, -0.25) is 15.1 Å². The van der Waals surface area contributed by atoms with Gasteiger partial charge in [-0.05, 0) is 41.1 Å². The van der Waals surface area contributed by atoms with Gasteiger partial charge in [0.15, 0.2) is 0 Å². The first kappa shape index (κ1) is 18.1. The zero-order valence-corrected chi connectivity index (χ0v) is 14.9. The Hall–Kier alpha value is -4.26. The number of hydrogen-bond donors (Lipinski definition) is 0. The molecule has 4 rings (SSSR count). The van der Waals surface area contributed by atoms with E-state index in [1.807, 2.05) is 12.1 Å². The number of fused-ring (bicyclic) bond motifs is 1. The summed E-state index contributed by atoms with van der Waals surface area (Å²) in [4.78, 5) is 26.6. The van der Waals surface area contributed by atoms with E-state index in [9.17, 15) is 20.0 Å². The monoisotopic (exact) mass is 385 g/mol. The van der Waals surface area contributed by atoms with Gasteiger partial charge in [-0.2, -0.15) is 0 Å². The summed E-state index contributed by atoms with van der Waals surface area (Å²) in [5.74, 6) is -0.688. The molecule has 0 unspecified atom stereocenters. The fourth-order valence-electron chi connectivity index (χ4n) is 2.92. The molecule has 4 aromatic rings. The van der Waals surface area contributed by atoms with Crippen molar-refractivity contribution in [3.05, 3.63) is 98.9 Å². The van der Waals surface area contributed by atoms with E-state index in [0.29, 0.717) is 22.4 Å². The highest BCUT2D eigenvalue weighted by Crippen LogP contribution is 2.27. The Kier molecular flexibility index (Phi) is 4.62. The van der Waals surface area contributed by atoms with Crippen molar-refractivity contribution in [1.29, 1.82) is 0 Å². The molecule has 0 N–H and O–H groups in total. The Labute approximate surface area is 164 Å². The molecule has 0 amide bonds. The third-order valence-electron chi connectivity index (χ3n) is 4.39. The lowest BCUT2D eigenvalue weighted by molar-refractivity contribution is -0.398. The molecule has 0 saturated heterocycles. The quantitative estimate of drug-likeness (QED) is 0.226. The maximum Gasteiger partial charge on any atom is 0.344 e. The Balaban J connectivity index is 1.63. The number of nitro benzene ring substituents is 1. The number of benzene rings is 3. The lowest BCUT2D eigenvalue weighted by atomic mass is 10.1. The highest BCUT2D eigenvalue weighted by Gasteiger charge is 2.09. The summed E-state index contributed by atoms with van der Waals surface area (Å²) < 4.78 is 5.35. The van der Waals surface area contributed by atoms with Crippen LogP contribution in [0.1, 0.15) is 5.56 Å². The van der Waals surface area contributed by atoms with Gasteiger partial charge in [0.05, 0.1) is 16.2 Å². The first-order valence-corrected chi connectivity index (χ1v) is 8.65. The molecule has 0 radical (unpaired) electrons. The zero-order chi connectivity index (χ0) is 20.4. The van der Waals surface area contributed by atoms with E-state index >= 15 is 0 Å². The van der Waals surface area contributed by atoms with Gasteiger partial charge < -0.3 is 9.52 Å². The number of nitrogens with zero attached hydrogens (tertiary/aromatic N) is 2. The third-order valence-corrected chi connectivity index (χ3v) is 4.39. The number of aliphatic imine (C=N–C) groups is 1. The number of hydrogen-bond acceptors (Lipinski definition) is 6. The minimum atomic E-state index is -0.719. The van der Waals surface area contributed by atoms with Crippen LogP contribution in [0.3, 0.4) is 0 Å². The van der Waals surface area contributed by atoms with Gasteiger partial charge in [-0.25, -0.2) is 4.79 Å². The van der Waals surface area contributed by atoms with E-state index in [1.54, 1.807) is 42.5 Å². The second-order valence-electron chi connectivity index (χ2n) is 6.24. The highest BCUT2D eigenvalue weighted by molar-refractivity contribution is 5.87. The summed E-state index contributed by atoms with van der Waals surface area (Å²) in [6.45, 7) is 0. The third kappa shape index (κ3) is 3.61. The minimum absolute atomic E-state index is 0.124. The molecule has 0 atom stereocenters. The second kappa shape index (κ2) is 7.40. The minimum Gasteiger partial charge on any atom is -0.867 e. The maximum absolute atomic E-state index is 12.3. The molecule has 3 aromatic carbocycles. The van der Waals surface area contributed by atoms with Gasteiger partial charge in [-0.15, -0.1) is 0 Å². The van der Waals surface area contributed by atoms with Gasteiger partial charge in [-0.1, -0.05) is 42.5 Å². The largest absolute Gasteiger partial charge is 0.867 e. The summed E-state index contributed by atoms with van der Waals surface area (Å²) in [6, 6.07) is 19.9. The Morgan fingerprint density at radius 1 is 0.966 bits per heavy atom. The maximum atomic E-state index is 12.3. The molecular weight excluding hydrogens is 372 g/mol. The van der Waals surface area contributed by atoms with E-state index in [4.69, 9.17) is 4.42 Å². The molecule has 0 spiro atoms. The van der Waals surface area contributed by atoms with Crippen molar-refractivity contribution in [1.82, 2.24) is 0 Å². The van der Waals surface area contributed by atoms with Crippen LogP contribution in [-0.4, -0.2) is 11.1 Å². The molecule has 0 aliphatic rings. The topological polar surface area (TPSA) is 109 Å². The van der Waals surface area contributed by atoms with Gasteiger partial charge in [0.1, 0.15) is 5.58 Å². The van der Waals surface area contributed by atoms with Crippen LogP contribution in [0, 0.1) is 10.1 Å². The SMILES string of the molecule is O=c1oc2ccccc2cc1-c1ccc(N=Cc2cccc([N+](=O)[O-])c2[O-])cc1. The fraction of sp³-hybridized carbons (Fsp3) is 0. The molecular formula is C22H13N2O5-. The molecule has 0 bridgehead atoms. The molecule has 7 heteroatoms. The van der Waals surface area contributed by atoms with Crippen LogP contribution in [-0.2, 0) is 0 Å². The first-order valence-electron chi connectivity index (χ1n) is 8.65. The summed E-state index contributed by atoms with van der Waals surface area (Å²) >= 11 is 0. The number of nitro groups is 1. The van der Waals surface area contributed by atoms with E-state index in [1.165, 1.54) is 18.3 Å². The van der Waals surface area contributed by atoms with Crippen molar-refractivity contribution in [3.8, 4) is 16.9 Å². The van der Waals surface area contributed by atoms with Crippen LogP contribution in [0.4, 0.5) is 11.4 Å². The van der Waals surface area contributed by atoms with Crippen LogP contribution in [0.25, 0.3) is 22.1 Å². The van der Waals surface area contributed by atoms with E-state index in [-0.39, 0.29) is 5.56 Å². The molecule has 1 aromatic heterocycles. The van der Waals surface area contributed by atoms with Crippen molar-refractivity contribution < 1.29 is 14.4 Å². The van der Waals surface area contributed by atoms with Crippen LogP contribution in [0.15, 0.2) is 87.0 Å². The van der Waals surface area contributed by atoms with Gasteiger partial charge in [0.2, 0.25) is 0 Å². The number of para-hydroxylation sites is 2. The zero-order valence-electron chi connectivity index (χ0n) is 14.9. The van der Waals surface area contributed by atoms with Gasteiger partial charge in [0, 0.05) is 17.7 Å². The summed E-state index contributed by atoms with van der Waals surface area (Å²) in [5.41, 5.74) is 1.35. The molecule has 0 saturated carbocycles. The molecule has 0 fully saturated rings. The van der Waals surface area contributed by atoms with Crippen molar-refractivity contribution >= 4 is 28.6 Å². The predicted octanol–water partition coefficient (Wildman–Crippen LogP) is 4.19. The van der Waals surface area contributed by atoms with Gasteiger partial charge in [0.25, 0.3) is 5.69 Å². The Bertz CT molecular complexity index is 1310. The first-order chi connectivity index (χ1) is 14.0. The summed E-state index contributed by atoms with van der Waals surface area (Å²) in [7, 11) is 0. The van der Waals surface area contributed by atoms with Crippen molar-refractivity contribution in [2.75, 3.05) is 0 Å². The van der Waals surface area contributed by atoms with Crippen LogP contribution < -0.4 is 10.7 Å². The second-order valence-corrected chi connectivity index (χ2v) is 6.24. The van der Waals surface area contributed by atoms with Crippen LogP contribution >= 0.6 is 0 Å². The lowest BCUT2D eigenvalue weighted by Gasteiger charge is -2.09. The molecule has 142 valence electrons. The standard InChI is InChI=1S/C22H14N2O5/c25-21-16(5-3-6-19(21)24(27)28)13-23-17-10-8-14(9-11-17)18-12-15-4-1-2-7-20(15)29-22(18)26/h1-13,25H/p-1. The summed E-state index contributed by atoms with van der Waals surface area (Å²) in [6.07, 6.45) is 1.29. The smallest absolute Gasteiger partial charge is 0.344 e. The van der Waals surface area contributed by atoms with E-state index in [0.717, 1.165) is 11.5 Å². The van der Waals surface area contributed by atoms with E-state index in [2.05, 4.69) is 4.99 Å².